The van der Waals surface area contributed by atoms with Gasteiger partial charge in [-0.3, -0.25) is 4.90 Å². The minimum absolute atomic E-state index is 0.172. The fraction of sp³-hybridized carbons (Fsp3) is 0.333. The first-order valence-corrected chi connectivity index (χ1v) is 7.46. The van der Waals surface area contributed by atoms with Crippen molar-refractivity contribution in [3.05, 3.63) is 58.0 Å². The van der Waals surface area contributed by atoms with Crippen LogP contribution in [-0.4, -0.2) is 31.1 Å². The van der Waals surface area contributed by atoms with Gasteiger partial charge >= 0.3 is 0 Å². The standard InChI is InChI=1S/C15H17FN2S/c16-13-5-3-12(4-6-13)15(14-2-1-11-19-14)18-9-7-17-8-10-18/h1-6,11,15,17H,7-10H2/t15-/m1/s1. The molecule has 1 N–H and O–H groups in total. The van der Waals surface area contributed by atoms with Crippen LogP contribution in [0.5, 0.6) is 0 Å². The highest BCUT2D eigenvalue weighted by Gasteiger charge is 2.24. The third-order valence-electron chi connectivity index (χ3n) is 3.52. The molecule has 1 aliphatic rings. The summed E-state index contributed by atoms with van der Waals surface area (Å²) in [5.41, 5.74) is 1.17. The van der Waals surface area contributed by atoms with E-state index in [1.807, 2.05) is 12.1 Å². The van der Waals surface area contributed by atoms with Crippen LogP contribution in [0, 0.1) is 5.82 Å². The zero-order valence-electron chi connectivity index (χ0n) is 10.7. The summed E-state index contributed by atoms with van der Waals surface area (Å²) >= 11 is 1.77. The highest BCUT2D eigenvalue weighted by molar-refractivity contribution is 7.10. The molecule has 0 spiro atoms. The molecule has 1 fully saturated rings. The number of hydrogen-bond acceptors (Lipinski definition) is 3. The van der Waals surface area contributed by atoms with Gasteiger partial charge in [0.1, 0.15) is 5.82 Å². The van der Waals surface area contributed by atoms with Gasteiger partial charge in [-0.05, 0) is 29.1 Å². The summed E-state index contributed by atoms with van der Waals surface area (Å²) in [5.74, 6) is -0.172. The van der Waals surface area contributed by atoms with Gasteiger partial charge in [0.15, 0.2) is 0 Å². The molecule has 0 aliphatic carbocycles. The molecule has 2 aromatic rings. The Morgan fingerprint density at radius 1 is 1.11 bits per heavy atom. The lowest BCUT2D eigenvalue weighted by atomic mass is 10.0. The molecule has 2 nitrogen and oxygen atoms in total. The number of hydrogen-bond donors (Lipinski definition) is 1. The first-order chi connectivity index (χ1) is 9.34. The molecule has 1 atom stereocenters. The Labute approximate surface area is 116 Å². The molecular formula is C15H17FN2S. The Morgan fingerprint density at radius 3 is 2.47 bits per heavy atom. The van der Waals surface area contributed by atoms with Crippen molar-refractivity contribution in [2.45, 2.75) is 6.04 Å². The van der Waals surface area contributed by atoms with E-state index in [1.54, 1.807) is 23.5 Å². The van der Waals surface area contributed by atoms with Gasteiger partial charge in [0.25, 0.3) is 0 Å². The summed E-state index contributed by atoms with van der Waals surface area (Å²) in [6, 6.07) is 11.4. The smallest absolute Gasteiger partial charge is 0.123 e. The predicted molar refractivity (Wildman–Crippen MR) is 77.0 cm³/mol. The van der Waals surface area contributed by atoms with E-state index in [2.05, 4.69) is 27.7 Å². The lowest BCUT2D eigenvalue weighted by Crippen LogP contribution is -2.45. The maximum Gasteiger partial charge on any atom is 0.123 e. The second-order valence-electron chi connectivity index (χ2n) is 4.76. The third kappa shape index (κ3) is 2.86. The van der Waals surface area contributed by atoms with Gasteiger partial charge in [-0.25, -0.2) is 4.39 Å². The lowest BCUT2D eigenvalue weighted by Gasteiger charge is -2.34. The third-order valence-corrected chi connectivity index (χ3v) is 4.44. The Hall–Kier alpha value is -1.23. The van der Waals surface area contributed by atoms with E-state index in [4.69, 9.17) is 0 Å². The number of nitrogens with one attached hydrogen (secondary N) is 1. The van der Waals surface area contributed by atoms with E-state index in [0.29, 0.717) is 0 Å². The molecule has 19 heavy (non-hydrogen) atoms. The highest BCUT2D eigenvalue weighted by Crippen LogP contribution is 2.31. The molecule has 1 aromatic carbocycles. The van der Waals surface area contributed by atoms with Crippen molar-refractivity contribution in [2.24, 2.45) is 0 Å². The summed E-state index contributed by atoms with van der Waals surface area (Å²) in [6.07, 6.45) is 0. The maximum atomic E-state index is 13.1. The Balaban J connectivity index is 1.93. The molecule has 2 heterocycles. The molecule has 1 saturated heterocycles. The van der Waals surface area contributed by atoms with Crippen LogP contribution in [-0.2, 0) is 0 Å². The summed E-state index contributed by atoms with van der Waals surface area (Å²) in [6.45, 7) is 4.09. The van der Waals surface area contributed by atoms with E-state index in [0.717, 1.165) is 26.2 Å². The molecule has 1 aliphatic heterocycles. The quantitative estimate of drug-likeness (QED) is 0.927. The van der Waals surface area contributed by atoms with Gasteiger partial charge in [-0.1, -0.05) is 18.2 Å². The number of rotatable bonds is 3. The first-order valence-electron chi connectivity index (χ1n) is 6.58. The van der Waals surface area contributed by atoms with Crippen LogP contribution < -0.4 is 5.32 Å². The summed E-state index contributed by atoms with van der Waals surface area (Å²) in [7, 11) is 0. The van der Waals surface area contributed by atoms with Crippen LogP contribution in [0.1, 0.15) is 16.5 Å². The number of benzene rings is 1. The largest absolute Gasteiger partial charge is 0.314 e. The van der Waals surface area contributed by atoms with Crippen molar-refractivity contribution in [1.82, 2.24) is 10.2 Å². The number of thiophene rings is 1. The molecule has 1 aromatic heterocycles. The molecule has 3 rings (SSSR count). The van der Waals surface area contributed by atoms with Crippen LogP contribution in [0.2, 0.25) is 0 Å². The van der Waals surface area contributed by atoms with Crippen LogP contribution in [0.4, 0.5) is 4.39 Å². The molecule has 0 saturated carbocycles. The van der Waals surface area contributed by atoms with Crippen LogP contribution in [0.15, 0.2) is 41.8 Å². The van der Waals surface area contributed by atoms with E-state index < -0.39 is 0 Å². The van der Waals surface area contributed by atoms with E-state index in [1.165, 1.54) is 10.4 Å². The van der Waals surface area contributed by atoms with Crippen molar-refractivity contribution < 1.29 is 4.39 Å². The average molecular weight is 276 g/mol. The molecule has 0 radical (unpaired) electrons. The molecule has 0 amide bonds. The van der Waals surface area contributed by atoms with Crippen molar-refractivity contribution in [3.8, 4) is 0 Å². The van der Waals surface area contributed by atoms with Gasteiger partial charge in [-0.15, -0.1) is 11.3 Å². The minimum Gasteiger partial charge on any atom is -0.314 e. The molecule has 100 valence electrons. The minimum atomic E-state index is -0.172. The summed E-state index contributed by atoms with van der Waals surface area (Å²) < 4.78 is 13.1. The highest BCUT2D eigenvalue weighted by atomic mass is 32.1. The first kappa shape index (κ1) is 12.8. The van der Waals surface area contributed by atoms with Gasteiger partial charge in [-0.2, -0.15) is 0 Å². The van der Waals surface area contributed by atoms with Crippen molar-refractivity contribution in [3.63, 3.8) is 0 Å². The van der Waals surface area contributed by atoms with Gasteiger partial charge in [0, 0.05) is 31.1 Å². The Kier molecular flexibility index (Phi) is 3.92. The molecule has 0 unspecified atom stereocenters. The van der Waals surface area contributed by atoms with E-state index in [9.17, 15) is 4.39 Å². The van der Waals surface area contributed by atoms with Crippen LogP contribution in [0.25, 0.3) is 0 Å². The molecule has 0 bridgehead atoms. The molecular weight excluding hydrogens is 259 g/mol. The van der Waals surface area contributed by atoms with Crippen molar-refractivity contribution in [2.75, 3.05) is 26.2 Å². The van der Waals surface area contributed by atoms with E-state index in [-0.39, 0.29) is 11.9 Å². The predicted octanol–water partition coefficient (Wildman–Crippen LogP) is 2.88. The monoisotopic (exact) mass is 276 g/mol. The lowest BCUT2D eigenvalue weighted by molar-refractivity contribution is 0.200. The fourth-order valence-corrected chi connectivity index (χ4v) is 3.47. The van der Waals surface area contributed by atoms with Gasteiger partial charge in [0.2, 0.25) is 0 Å². The number of halogens is 1. The van der Waals surface area contributed by atoms with Crippen LogP contribution in [0.3, 0.4) is 0 Å². The summed E-state index contributed by atoms with van der Waals surface area (Å²) in [5, 5.41) is 5.48. The number of piperazine rings is 1. The SMILES string of the molecule is Fc1ccc([C@H](c2cccs2)N2CCNCC2)cc1. The van der Waals surface area contributed by atoms with Crippen molar-refractivity contribution in [1.29, 1.82) is 0 Å². The zero-order chi connectivity index (χ0) is 13.1. The van der Waals surface area contributed by atoms with Gasteiger partial charge < -0.3 is 5.32 Å². The number of nitrogens with zero attached hydrogens (tertiary/aromatic N) is 1. The molecule has 4 heteroatoms. The Morgan fingerprint density at radius 2 is 1.84 bits per heavy atom. The van der Waals surface area contributed by atoms with Crippen LogP contribution >= 0.6 is 11.3 Å². The Bertz CT molecular complexity index is 503. The van der Waals surface area contributed by atoms with Crippen molar-refractivity contribution >= 4 is 11.3 Å². The topological polar surface area (TPSA) is 15.3 Å². The van der Waals surface area contributed by atoms with Gasteiger partial charge in [0.05, 0.1) is 6.04 Å². The summed E-state index contributed by atoms with van der Waals surface area (Å²) in [4.78, 5) is 3.80. The second-order valence-corrected chi connectivity index (χ2v) is 5.73. The zero-order valence-corrected chi connectivity index (χ0v) is 11.5. The maximum absolute atomic E-state index is 13.1. The fourth-order valence-electron chi connectivity index (χ4n) is 2.59. The second kappa shape index (κ2) is 5.82. The normalized spacial score (nSPS) is 18.4. The average Bonchev–Trinajstić information content (AvgIpc) is 2.96. The van der Waals surface area contributed by atoms with E-state index >= 15 is 0 Å².